The number of nitrogens with zero attached hydrogens (tertiary/aromatic N) is 5. The maximum absolute atomic E-state index is 4.60. The number of rotatable bonds is 3. The van der Waals surface area contributed by atoms with Gasteiger partial charge in [-0.2, -0.15) is 15.1 Å². The van der Waals surface area contributed by atoms with Crippen LogP contribution in [0, 0.1) is 0 Å². The largest absolute Gasteiger partial charge is 0.354 e. The smallest absolute Gasteiger partial charge is 0.226 e. The first-order chi connectivity index (χ1) is 10.4. The highest BCUT2D eigenvalue weighted by Crippen LogP contribution is 2.23. The number of H-pyrrole nitrogens is 1. The minimum Gasteiger partial charge on any atom is -0.354 e. The number of aromatic amines is 1. The molecule has 7 heteroatoms. The van der Waals surface area contributed by atoms with E-state index in [1.54, 1.807) is 12.5 Å². The van der Waals surface area contributed by atoms with Gasteiger partial charge in [0.1, 0.15) is 6.33 Å². The molecule has 4 aromatic rings. The molecule has 0 unspecified atom stereocenters. The maximum Gasteiger partial charge on any atom is 0.226 e. The molecule has 21 heavy (non-hydrogen) atoms. The lowest BCUT2D eigenvalue weighted by molar-refractivity contribution is 1.00. The number of hydrogen-bond acceptors (Lipinski definition) is 5. The van der Waals surface area contributed by atoms with Crippen molar-refractivity contribution in [2.45, 2.75) is 6.92 Å². The summed E-state index contributed by atoms with van der Waals surface area (Å²) in [4.78, 5) is 13.4. The summed E-state index contributed by atoms with van der Waals surface area (Å²) in [6.45, 7) is 2.76. The average molecular weight is 279 g/mol. The van der Waals surface area contributed by atoms with Crippen LogP contribution in [0.1, 0.15) is 6.92 Å². The lowest BCUT2D eigenvalue weighted by Crippen LogP contribution is -2.06. The van der Waals surface area contributed by atoms with Crippen molar-refractivity contribution in [2.24, 2.45) is 0 Å². The van der Waals surface area contributed by atoms with E-state index in [0.717, 1.165) is 28.8 Å². The Hall–Kier alpha value is -2.96. The molecule has 0 fully saturated rings. The summed E-state index contributed by atoms with van der Waals surface area (Å²) < 4.78 is 1.95. The van der Waals surface area contributed by atoms with Gasteiger partial charge in [-0.3, -0.25) is 9.67 Å². The number of anilines is 1. The van der Waals surface area contributed by atoms with Crippen molar-refractivity contribution in [1.82, 2.24) is 29.7 Å². The van der Waals surface area contributed by atoms with Crippen LogP contribution in [0.2, 0.25) is 0 Å². The summed E-state index contributed by atoms with van der Waals surface area (Å²) in [5.74, 6) is 1.33. The lowest BCUT2D eigenvalue weighted by atomic mass is 10.3. The highest BCUT2D eigenvalue weighted by Gasteiger charge is 2.13. The van der Waals surface area contributed by atoms with Crippen molar-refractivity contribution in [3.63, 3.8) is 0 Å². The molecular weight excluding hydrogens is 266 g/mol. The van der Waals surface area contributed by atoms with Crippen molar-refractivity contribution in [2.75, 3.05) is 11.9 Å². The number of fused-ring (bicyclic) bond motifs is 2. The molecule has 0 aliphatic rings. The summed E-state index contributed by atoms with van der Waals surface area (Å²) in [6, 6.07) is 7.95. The highest BCUT2D eigenvalue weighted by molar-refractivity contribution is 5.86. The van der Waals surface area contributed by atoms with Crippen LogP contribution in [-0.2, 0) is 0 Å². The minimum atomic E-state index is 0.571. The molecule has 3 aromatic heterocycles. The zero-order valence-electron chi connectivity index (χ0n) is 11.4. The summed E-state index contributed by atoms with van der Waals surface area (Å²) in [6.07, 6.45) is 3.50. The minimum absolute atomic E-state index is 0.571. The van der Waals surface area contributed by atoms with Crippen LogP contribution in [0.3, 0.4) is 0 Å². The van der Waals surface area contributed by atoms with Gasteiger partial charge in [-0.15, -0.1) is 0 Å². The van der Waals surface area contributed by atoms with Crippen LogP contribution < -0.4 is 5.32 Å². The molecule has 2 N–H and O–H groups in total. The summed E-state index contributed by atoms with van der Waals surface area (Å²) in [5.41, 5.74) is 2.63. The zero-order valence-corrected chi connectivity index (χ0v) is 11.4. The molecule has 0 saturated heterocycles. The Kier molecular flexibility index (Phi) is 2.56. The molecule has 104 valence electrons. The summed E-state index contributed by atoms with van der Waals surface area (Å²) >= 11 is 0. The van der Waals surface area contributed by atoms with Crippen LogP contribution in [-0.4, -0.2) is 36.3 Å². The highest BCUT2D eigenvalue weighted by atomic mass is 15.2. The van der Waals surface area contributed by atoms with Gasteiger partial charge in [-0.05, 0) is 19.1 Å². The van der Waals surface area contributed by atoms with E-state index in [1.165, 1.54) is 0 Å². The molecule has 0 spiro atoms. The topological polar surface area (TPSA) is 84.3 Å². The molecular formula is C14H13N7. The second-order valence-electron chi connectivity index (χ2n) is 4.64. The quantitative estimate of drug-likeness (QED) is 0.600. The number of nitrogens with one attached hydrogen (secondary N) is 2. The molecule has 0 atom stereocenters. The van der Waals surface area contributed by atoms with E-state index in [1.807, 2.05) is 35.8 Å². The van der Waals surface area contributed by atoms with Crippen molar-refractivity contribution >= 4 is 28.0 Å². The van der Waals surface area contributed by atoms with Crippen LogP contribution in [0.5, 0.6) is 0 Å². The van der Waals surface area contributed by atoms with E-state index in [9.17, 15) is 0 Å². The van der Waals surface area contributed by atoms with Crippen molar-refractivity contribution in [3.05, 3.63) is 36.8 Å². The van der Waals surface area contributed by atoms with Gasteiger partial charge in [0, 0.05) is 6.54 Å². The Balaban J connectivity index is 2.02. The van der Waals surface area contributed by atoms with E-state index in [2.05, 4.69) is 30.5 Å². The normalized spacial score (nSPS) is 11.3. The van der Waals surface area contributed by atoms with E-state index in [4.69, 9.17) is 0 Å². The van der Waals surface area contributed by atoms with Gasteiger partial charge in [0.2, 0.25) is 5.95 Å². The zero-order chi connectivity index (χ0) is 14.2. The third kappa shape index (κ3) is 1.82. The fraction of sp³-hybridized carbons (Fsp3) is 0.143. The van der Waals surface area contributed by atoms with E-state index < -0.39 is 0 Å². The molecule has 0 aliphatic heterocycles. The Bertz CT molecular complexity index is 921. The Labute approximate surface area is 120 Å². The molecule has 0 bridgehead atoms. The first-order valence-corrected chi connectivity index (χ1v) is 6.74. The van der Waals surface area contributed by atoms with Gasteiger partial charge in [0.25, 0.3) is 0 Å². The van der Waals surface area contributed by atoms with Gasteiger partial charge in [0.15, 0.2) is 11.5 Å². The van der Waals surface area contributed by atoms with Crippen LogP contribution >= 0.6 is 0 Å². The molecule has 0 radical (unpaired) electrons. The van der Waals surface area contributed by atoms with Gasteiger partial charge < -0.3 is 5.32 Å². The monoisotopic (exact) mass is 279 g/mol. The fourth-order valence-electron chi connectivity index (χ4n) is 2.37. The van der Waals surface area contributed by atoms with Crippen LogP contribution in [0.25, 0.3) is 27.9 Å². The van der Waals surface area contributed by atoms with Crippen molar-refractivity contribution in [3.8, 4) is 5.82 Å². The third-order valence-electron chi connectivity index (χ3n) is 3.31. The van der Waals surface area contributed by atoms with Crippen molar-refractivity contribution < 1.29 is 0 Å². The molecule has 0 amide bonds. The van der Waals surface area contributed by atoms with Gasteiger partial charge in [0.05, 0.1) is 22.6 Å². The first-order valence-electron chi connectivity index (χ1n) is 6.74. The number of benzene rings is 1. The maximum atomic E-state index is 4.60. The SMILES string of the molecule is CCNc1nc(-n2cnc3ccccc32)c2cn[nH]c2n1. The number of para-hydroxylation sites is 2. The Morgan fingerprint density at radius 2 is 2.14 bits per heavy atom. The number of hydrogen-bond donors (Lipinski definition) is 2. The lowest BCUT2D eigenvalue weighted by Gasteiger charge is -2.07. The molecule has 4 rings (SSSR count). The average Bonchev–Trinajstić information content (AvgIpc) is 3.13. The fourth-order valence-corrected chi connectivity index (χ4v) is 2.37. The first kappa shape index (κ1) is 11.8. The van der Waals surface area contributed by atoms with Gasteiger partial charge >= 0.3 is 0 Å². The molecule has 7 nitrogen and oxygen atoms in total. The summed E-state index contributed by atoms with van der Waals surface area (Å²) in [5, 5.41) is 11.0. The molecule has 1 aromatic carbocycles. The third-order valence-corrected chi connectivity index (χ3v) is 3.31. The van der Waals surface area contributed by atoms with Gasteiger partial charge in [-0.25, -0.2) is 4.98 Å². The number of aromatic nitrogens is 6. The second kappa shape index (κ2) is 4.55. The predicted octanol–water partition coefficient (Wildman–Crippen LogP) is 2.12. The Morgan fingerprint density at radius 1 is 1.24 bits per heavy atom. The van der Waals surface area contributed by atoms with Gasteiger partial charge in [-0.1, -0.05) is 12.1 Å². The van der Waals surface area contributed by atoms with Crippen LogP contribution in [0.15, 0.2) is 36.8 Å². The van der Waals surface area contributed by atoms with E-state index in [0.29, 0.717) is 11.6 Å². The van der Waals surface area contributed by atoms with E-state index >= 15 is 0 Å². The predicted molar refractivity (Wildman–Crippen MR) is 80.5 cm³/mol. The van der Waals surface area contributed by atoms with Crippen LogP contribution in [0.4, 0.5) is 5.95 Å². The summed E-state index contributed by atoms with van der Waals surface area (Å²) in [7, 11) is 0. The van der Waals surface area contributed by atoms with Crippen molar-refractivity contribution in [1.29, 1.82) is 0 Å². The molecule has 0 saturated carbocycles. The molecule has 3 heterocycles. The second-order valence-corrected chi connectivity index (χ2v) is 4.64. The standard InChI is InChI=1S/C14H13N7/c1-2-15-14-18-12-9(7-17-20-12)13(19-14)21-8-16-10-5-3-4-6-11(10)21/h3-8H,2H2,1H3,(H2,15,17,18,19,20). The number of imidazole rings is 1. The Morgan fingerprint density at radius 3 is 3.05 bits per heavy atom. The molecule has 0 aliphatic carbocycles. The van der Waals surface area contributed by atoms with E-state index in [-0.39, 0.29) is 0 Å².